The quantitative estimate of drug-likeness (QED) is 0.318. The third-order valence-electron chi connectivity index (χ3n) is 2.12. The van der Waals surface area contributed by atoms with Crippen molar-refractivity contribution in [2.45, 2.75) is 18.7 Å². The van der Waals surface area contributed by atoms with Gasteiger partial charge in [0, 0.05) is 4.67 Å². The zero-order valence-corrected chi connectivity index (χ0v) is 12.9. The van der Waals surface area contributed by atoms with Gasteiger partial charge in [-0.15, -0.1) is 0 Å². The summed E-state index contributed by atoms with van der Waals surface area (Å²) in [6.45, 7) is 3.81. The SMILES string of the molecule is CCOO[P+](=O)CCN=NS(=O)(=O)c1ccc(C)cc1. The van der Waals surface area contributed by atoms with E-state index in [-0.39, 0.29) is 24.2 Å². The lowest BCUT2D eigenvalue weighted by Gasteiger charge is -1.97. The van der Waals surface area contributed by atoms with Crippen LogP contribution in [0.5, 0.6) is 0 Å². The largest absolute Gasteiger partial charge is 0.541 e. The van der Waals surface area contributed by atoms with Crippen LogP contribution in [0.25, 0.3) is 0 Å². The summed E-state index contributed by atoms with van der Waals surface area (Å²) in [5, 5.41) is 3.51. The minimum atomic E-state index is -3.80. The van der Waals surface area contributed by atoms with E-state index in [1.807, 2.05) is 6.92 Å². The zero-order valence-electron chi connectivity index (χ0n) is 11.2. The lowest BCUT2D eigenvalue weighted by atomic mass is 10.2. The Hall–Kier alpha value is -1.21. The maximum atomic E-state index is 11.8. The first-order valence-corrected chi connectivity index (χ1v) is 8.70. The van der Waals surface area contributed by atoms with Gasteiger partial charge in [-0.1, -0.05) is 22.2 Å². The Morgan fingerprint density at radius 2 is 1.90 bits per heavy atom. The topological polar surface area (TPSA) is 94.4 Å². The van der Waals surface area contributed by atoms with Crippen molar-refractivity contribution in [2.75, 3.05) is 19.3 Å². The number of hydrogen-bond donors (Lipinski definition) is 0. The first-order chi connectivity index (χ1) is 9.45. The highest BCUT2D eigenvalue weighted by Crippen LogP contribution is 2.21. The van der Waals surface area contributed by atoms with E-state index in [0.29, 0.717) is 0 Å². The molecule has 110 valence electrons. The number of benzene rings is 1. The maximum Gasteiger partial charge on any atom is 0.541 e. The summed E-state index contributed by atoms with van der Waals surface area (Å²) in [7, 11) is -5.81. The van der Waals surface area contributed by atoms with E-state index in [1.165, 1.54) is 12.1 Å². The van der Waals surface area contributed by atoms with Gasteiger partial charge in [-0.2, -0.15) is 18.4 Å². The minimum absolute atomic E-state index is 0.0205. The summed E-state index contributed by atoms with van der Waals surface area (Å²) in [6, 6.07) is 6.27. The minimum Gasteiger partial charge on any atom is -0.198 e. The van der Waals surface area contributed by atoms with Gasteiger partial charge in [0.05, 0.1) is 11.5 Å². The van der Waals surface area contributed by atoms with E-state index in [2.05, 4.69) is 19.2 Å². The van der Waals surface area contributed by atoms with Gasteiger partial charge < -0.3 is 0 Å². The number of sulfonamides is 1. The molecule has 0 saturated carbocycles. The second-order valence-electron chi connectivity index (χ2n) is 3.77. The first-order valence-electron chi connectivity index (χ1n) is 5.90. The van der Waals surface area contributed by atoms with Crippen LogP contribution in [0.3, 0.4) is 0 Å². The molecule has 0 aliphatic rings. The average molecular weight is 319 g/mol. The van der Waals surface area contributed by atoms with E-state index < -0.39 is 18.1 Å². The lowest BCUT2D eigenvalue weighted by Crippen LogP contribution is -1.97. The van der Waals surface area contributed by atoms with Crippen molar-refractivity contribution in [2.24, 2.45) is 9.63 Å². The molecule has 0 heterocycles. The summed E-state index contributed by atoms with van der Waals surface area (Å²) in [6.07, 6.45) is 0.0439. The molecule has 0 saturated heterocycles. The van der Waals surface area contributed by atoms with Gasteiger partial charge in [0.15, 0.2) is 0 Å². The molecule has 0 N–H and O–H groups in total. The number of rotatable bonds is 8. The van der Waals surface area contributed by atoms with Crippen LogP contribution in [0, 0.1) is 6.92 Å². The fourth-order valence-corrected chi connectivity index (χ4v) is 2.51. The highest BCUT2D eigenvalue weighted by molar-refractivity contribution is 7.90. The molecule has 0 spiro atoms. The second-order valence-corrected chi connectivity index (χ2v) is 6.62. The van der Waals surface area contributed by atoms with Gasteiger partial charge in [-0.05, 0) is 30.5 Å². The fraction of sp³-hybridized carbons (Fsp3) is 0.455. The number of aryl methyl sites for hydroxylation is 1. The van der Waals surface area contributed by atoms with Crippen molar-refractivity contribution in [3.05, 3.63) is 29.8 Å². The molecular formula is C11H16N2O5PS+. The molecule has 0 fully saturated rings. The van der Waals surface area contributed by atoms with Gasteiger partial charge >= 0.3 is 8.03 Å². The summed E-state index contributed by atoms with van der Waals surface area (Å²) in [5.41, 5.74) is 0.950. The molecule has 1 atom stereocenters. The lowest BCUT2D eigenvalue weighted by molar-refractivity contribution is -0.196. The van der Waals surface area contributed by atoms with Gasteiger partial charge in [0.25, 0.3) is 10.0 Å². The Bertz CT molecular complexity index is 571. The van der Waals surface area contributed by atoms with Crippen molar-refractivity contribution in [3.8, 4) is 0 Å². The van der Waals surface area contributed by atoms with Crippen molar-refractivity contribution < 1.29 is 22.5 Å². The highest BCUT2D eigenvalue weighted by atomic mass is 32.2. The van der Waals surface area contributed by atoms with Crippen LogP contribution in [0.15, 0.2) is 38.8 Å². The van der Waals surface area contributed by atoms with Gasteiger partial charge in [0.1, 0.15) is 6.54 Å². The fourth-order valence-electron chi connectivity index (χ4n) is 1.15. The van der Waals surface area contributed by atoms with Gasteiger partial charge in [-0.3, -0.25) is 0 Å². The smallest absolute Gasteiger partial charge is 0.198 e. The third-order valence-corrected chi connectivity index (χ3v) is 4.16. The van der Waals surface area contributed by atoms with E-state index in [4.69, 9.17) is 0 Å². The molecule has 0 aromatic heterocycles. The molecule has 0 radical (unpaired) electrons. The van der Waals surface area contributed by atoms with Crippen LogP contribution in [0.2, 0.25) is 0 Å². The Balaban J connectivity index is 2.52. The molecular weight excluding hydrogens is 303 g/mol. The van der Waals surface area contributed by atoms with E-state index >= 15 is 0 Å². The molecule has 1 aromatic carbocycles. The zero-order chi connectivity index (χ0) is 15.0. The van der Waals surface area contributed by atoms with Crippen LogP contribution in [-0.2, 0) is 24.2 Å². The molecule has 1 aromatic rings. The molecule has 7 nitrogen and oxygen atoms in total. The summed E-state index contributed by atoms with van der Waals surface area (Å²) < 4.78 is 42.5. The third kappa shape index (κ3) is 5.83. The predicted octanol–water partition coefficient (Wildman–Crippen LogP) is 2.85. The first kappa shape index (κ1) is 16.8. The molecule has 20 heavy (non-hydrogen) atoms. The van der Waals surface area contributed by atoms with E-state index in [0.717, 1.165) is 5.56 Å². The van der Waals surface area contributed by atoms with E-state index in [1.54, 1.807) is 19.1 Å². The summed E-state index contributed by atoms with van der Waals surface area (Å²) in [5.74, 6) is 0. The molecule has 0 amide bonds. The van der Waals surface area contributed by atoms with Crippen molar-refractivity contribution in [3.63, 3.8) is 0 Å². The molecule has 0 aliphatic carbocycles. The van der Waals surface area contributed by atoms with Crippen LogP contribution in [0.1, 0.15) is 12.5 Å². The van der Waals surface area contributed by atoms with Crippen molar-refractivity contribution >= 4 is 18.1 Å². The Labute approximate surface area is 118 Å². The number of hydrogen-bond acceptors (Lipinski definition) is 6. The molecule has 0 aliphatic heterocycles. The van der Waals surface area contributed by atoms with Crippen molar-refractivity contribution in [1.82, 2.24) is 0 Å². The molecule has 1 rings (SSSR count). The maximum absolute atomic E-state index is 11.8. The average Bonchev–Trinajstić information content (AvgIpc) is 2.42. The monoisotopic (exact) mass is 319 g/mol. The van der Waals surface area contributed by atoms with Crippen LogP contribution >= 0.6 is 8.03 Å². The predicted molar refractivity (Wildman–Crippen MR) is 73.3 cm³/mol. The van der Waals surface area contributed by atoms with Crippen LogP contribution in [0.4, 0.5) is 0 Å². The molecule has 9 heteroatoms. The van der Waals surface area contributed by atoms with Gasteiger partial charge in [0.2, 0.25) is 6.16 Å². The van der Waals surface area contributed by atoms with E-state index in [9.17, 15) is 13.0 Å². The Morgan fingerprint density at radius 1 is 1.25 bits per heavy atom. The van der Waals surface area contributed by atoms with Crippen LogP contribution < -0.4 is 0 Å². The molecule has 1 unspecified atom stereocenters. The standard InChI is InChI=1S/C11H16N2O5PS/c1-3-17-18-19(14)9-8-12-13-20(15,16)11-6-4-10(2)5-7-11/h4-7H,3,8-9H2,1-2H3/q+1. The Kier molecular flexibility index (Phi) is 6.87. The normalized spacial score (nSPS) is 12.8. The molecule has 0 bridgehead atoms. The van der Waals surface area contributed by atoms with Crippen molar-refractivity contribution in [1.29, 1.82) is 0 Å². The van der Waals surface area contributed by atoms with Crippen LogP contribution in [-0.4, -0.2) is 27.7 Å². The summed E-state index contributed by atoms with van der Waals surface area (Å²) >= 11 is 0. The highest BCUT2D eigenvalue weighted by Gasteiger charge is 2.18. The Morgan fingerprint density at radius 3 is 2.50 bits per heavy atom. The summed E-state index contributed by atoms with van der Waals surface area (Å²) in [4.78, 5) is 4.57. The second kappa shape index (κ2) is 8.16. The number of nitrogens with zero attached hydrogens (tertiary/aromatic N) is 2. The van der Waals surface area contributed by atoms with Gasteiger partial charge in [-0.25, -0.2) is 0 Å².